The van der Waals surface area contributed by atoms with Crippen LogP contribution >= 0.6 is 15.9 Å². The van der Waals surface area contributed by atoms with Crippen LogP contribution in [0.1, 0.15) is 12.7 Å². The maximum absolute atomic E-state index is 12.5. The number of rotatable bonds is 5. The zero-order chi connectivity index (χ0) is 19.2. The highest BCUT2D eigenvalue weighted by Gasteiger charge is 2.26. The first-order chi connectivity index (χ1) is 13.0. The van der Waals surface area contributed by atoms with E-state index in [4.69, 9.17) is 9.15 Å². The Labute approximate surface area is 166 Å². The first kappa shape index (κ1) is 19.2. The molecule has 1 aliphatic heterocycles. The minimum Gasteiger partial charge on any atom is -0.450 e. The number of piperazine rings is 1. The molecule has 27 heavy (non-hydrogen) atoms. The van der Waals surface area contributed by atoms with E-state index < -0.39 is 12.1 Å². The molecule has 0 spiro atoms. The second-order valence-electron chi connectivity index (χ2n) is 6.20. The average molecular weight is 433 g/mol. The number of hydrogen-bond donors (Lipinski definition) is 0. The molecule has 0 saturated carbocycles. The fourth-order valence-corrected chi connectivity index (χ4v) is 3.23. The molecule has 0 bridgehead atoms. The number of carbonyl (C=O) groups excluding carboxylic acids is 2. The molecule has 1 saturated heterocycles. The number of furan rings is 1. The van der Waals surface area contributed by atoms with Gasteiger partial charge in [-0.05, 0) is 53.2 Å². The lowest BCUT2D eigenvalue weighted by molar-refractivity contribution is -0.155. The first-order valence-electron chi connectivity index (χ1n) is 8.76. The lowest BCUT2D eigenvalue weighted by atomic mass is 10.2. The Bertz CT molecular complexity index is 810. The molecule has 7 heteroatoms. The van der Waals surface area contributed by atoms with Crippen molar-refractivity contribution in [3.8, 4) is 0 Å². The molecule has 6 nitrogen and oxygen atoms in total. The Hall–Kier alpha value is -2.54. The Morgan fingerprint density at radius 2 is 1.81 bits per heavy atom. The third kappa shape index (κ3) is 5.23. The molecule has 1 fully saturated rings. The fraction of sp³-hybridized carbons (Fsp3) is 0.300. The standard InChI is InChI=1S/C20H21BrN2O4/c1-15(26-19(24)10-8-17-7-9-18(21)27-17)20(25)23-13-11-22(12-14-23)16-5-3-2-4-6-16/h2-10,15H,11-14H2,1H3/b10-8+. The average Bonchev–Trinajstić information content (AvgIpc) is 3.12. The number of anilines is 1. The molecule has 2 aromatic rings. The third-order valence-electron chi connectivity index (χ3n) is 4.33. The van der Waals surface area contributed by atoms with Crippen LogP contribution in [-0.2, 0) is 14.3 Å². The number of ether oxygens (including phenoxy) is 1. The molecule has 1 aromatic heterocycles. The van der Waals surface area contributed by atoms with Crippen molar-refractivity contribution in [3.05, 3.63) is 59.0 Å². The Balaban J connectivity index is 1.47. The van der Waals surface area contributed by atoms with Gasteiger partial charge in [-0.1, -0.05) is 18.2 Å². The van der Waals surface area contributed by atoms with Crippen molar-refractivity contribution in [2.75, 3.05) is 31.1 Å². The zero-order valence-corrected chi connectivity index (χ0v) is 16.6. The summed E-state index contributed by atoms with van der Waals surface area (Å²) in [6.07, 6.45) is 1.93. The predicted octanol–water partition coefficient (Wildman–Crippen LogP) is 3.34. The van der Waals surface area contributed by atoms with Crippen LogP contribution < -0.4 is 4.90 Å². The molecule has 1 atom stereocenters. The number of esters is 1. The van der Waals surface area contributed by atoms with Crippen LogP contribution in [-0.4, -0.2) is 49.1 Å². The van der Waals surface area contributed by atoms with Crippen molar-refractivity contribution in [1.29, 1.82) is 0 Å². The summed E-state index contributed by atoms with van der Waals surface area (Å²) in [5.74, 6) is -0.230. The van der Waals surface area contributed by atoms with E-state index in [2.05, 4.69) is 33.0 Å². The van der Waals surface area contributed by atoms with Gasteiger partial charge in [0.05, 0.1) is 0 Å². The molecular formula is C20H21BrN2O4. The summed E-state index contributed by atoms with van der Waals surface area (Å²) < 4.78 is 11.1. The van der Waals surface area contributed by atoms with Crippen LogP contribution in [0.3, 0.4) is 0 Å². The first-order valence-corrected chi connectivity index (χ1v) is 9.55. The maximum Gasteiger partial charge on any atom is 0.331 e. The molecule has 0 radical (unpaired) electrons. The van der Waals surface area contributed by atoms with Gasteiger partial charge >= 0.3 is 5.97 Å². The largest absolute Gasteiger partial charge is 0.450 e. The molecular weight excluding hydrogens is 412 g/mol. The molecule has 3 rings (SSSR count). The highest BCUT2D eigenvalue weighted by molar-refractivity contribution is 9.10. The quantitative estimate of drug-likeness (QED) is 0.535. The van der Waals surface area contributed by atoms with E-state index in [1.54, 1.807) is 24.0 Å². The van der Waals surface area contributed by atoms with Crippen molar-refractivity contribution in [2.24, 2.45) is 0 Å². The van der Waals surface area contributed by atoms with Crippen molar-refractivity contribution in [1.82, 2.24) is 4.90 Å². The van der Waals surface area contributed by atoms with Crippen molar-refractivity contribution >= 4 is 39.6 Å². The van der Waals surface area contributed by atoms with Gasteiger partial charge in [0.2, 0.25) is 0 Å². The van der Waals surface area contributed by atoms with Gasteiger partial charge in [0.25, 0.3) is 5.91 Å². The van der Waals surface area contributed by atoms with Gasteiger partial charge in [-0.15, -0.1) is 0 Å². The Morgan fingerprint density at radius 1 is 1.11 bits per heavy atom. The molecule has 0 aliphatic carbocycles. The monoisotopic (exact) mass is 432 g/mol. The van der Waals surface area contributed by atoms with Crippen LogP contribution in [0.2, 0.25) is 0 Å². The van der Waals surface area contributed by atoms with Crippen molar-refractivity contribution in [3.63, 3.8) is 0 Å². The summed E-state index contributed by atoms with van der Waals surface area (Å²) in [7, 11) is 0. The number of hydrogen-bond acceptors (Lipinski definition) is 5. The molecule has 1 aliphatic rings. The van der Waals surface area contributed by atoms with E-state index in [9.17, 15) is 9.59 Å². The highest BCUT2D eigenvalue weighted by Crippen LogP contribution is 2.17. The summed E-state index contributed by atoms with van der Waals surface area (Å²) in [5, 5.41) is 0. The zero-order valence-electron chi connectivity index (χ0n) is 15.0. The smallest absolute Gasteiger partial charge is 0.331 e. The fourth-order valence-electron chi connectivity index (χ4n) is 2.91. The third-order valence-corrected chi connectivity index (χ3v) is 4.76. The summed E-state index contributed by atoms with van der Waals surface area (Å²) in [6.45, 7) is 4.31. The van der Waals surface area contributed by atoms with Crippen LogP contribution in [0, 0.1) is 0 Å². The second kappa shape index (κ2) is 8.90. The Kier molecular flexibility index (Phi) is 6.34. The Morgan fingerprint density at radius 3 is 2.44 bits per heavy atom. The van der Waals surface area contributed by atoms with Crippen molar-refractivity contribution < 1.29 is 18.7 Å². The summed E-state index contributed by atoms with van der Waals surface area (Å²) >= 11 is 3.19. The minimum atomic E-state index is -0.825. The van der Waals surface area contributed by atoms with Gasteiger partial charge in [0.1, 0.15) is 5.76 Å². The van der Waals surface area contributed by atoms with Gasteiger partial charge in [-0.25, -0.2) is 4.79 Å². The van der Waals surface area contributed by atoms with Gasteiger partial charge in [-0.2, -0.15) is 0 Å². The lowest BCUT2D eigenvalue weighted by Gasteiger charge is -2.36. The number of nitrogens with zero attached hydrogens (tertiary/aromatic N) is 2. The number of amides is 1. The number of benzene rings is 1. The van der Waals surface area contributed by atoms with Crippen molar-refractivity contribution in [2.45, 2.75) is 13.0 Å². The SMILES string of the molecule is CC(OC(=O)/C=C/c1ccc(Br)o1)C(=O)N1CCN(c2ccccc2)CC1. The summed E-state index contributed by atoms with van der Waals surface area (Å²) in [5.41, 5.74) is 1.15. The molecule has 142 valence electrons. The molecule has 1 aromatic carbocycles. The topological polar surface area (TPSA) is 63.0 Å². The van der Waals surface area contributed by atoms with Gasteiger partial charge in [0.15, 0.2) is 10.8 Å². The van der Waals surface area contributed by atoms with Crippen LogP contribution in [0.5, 0.6) is 0 Å². The van der Waals surface area contributed by atoms with E-state index in [0.29, 0.717) is 23.5 Å². The van der Waals surface area contributed by atoms with E-state index in [1.165, 1.54) is 12.2 Å². The van der Waals surface area contributed by atoms with E-state index in [1.807, 2.05) is 18.2 Å². The van der Waals surface area contributed by atoms with Crippen LogP contribution in [0.15, 0.2) is 57.6 Å². The van der Waals surface area contributed by atoms with E-state index >= 15 is 0 Å². The van der Waals surface area contributed by atoms with E-state index in [-0.39, 0.29) is 5.91 Å². The van der Waals surface area contributed by atoms with Gasteiger partial charge in [0, 0.05) is 37.9 Å². The second-order valence-corrected chi connectivity index (χ2v) is 6.98. The van der Waals surface area contributed by atoms with Gasteiger partial charge in [-0.3, -0.25) is 4.79 Å². The molecule has 2 heterocycles. The predicted molar refractivity (Wildman–Crippen MR) is 106 cm³/mol. The number of para-hydroxylation sites is 1. The lowest BCUT2D eigenvalue weighted by Crippen LogP contribution is -2.51. The number of carbonyl (C=O) groups is 2. The minimum absolute atomic E-state index is 0.176. The molecule has 1 amide bonds. The number of halogens is 1. The molecule has 1 unspecified atom stereocenters. The van der Waals surface area contributed by atoms with Crippen LogP contribution in [0.25, 0.3) is 6.08 Å². The normalized spacial score (nSPS) is 15.8. The van der Waals surface area contributed by atoms with E-state index in [0.717, 1.165) is 18.8 Å². The summed E-state index contributed by atoms with van der Waals surface area (Å²) in [4.78, 5) is 28.4. The van der Waals surface area contributed by atoms with Gasteiger partial charge < -0.3 is 19.0 Å². The molecule has 0 N–H and O–H groups in total. The summed E-state index contributed by atoms with van der Waals surface area (Å²) in [6, 6.07) is 13.6. The maximum atomic E-state index is 12.5. The highest BCUT2D eigenvalue weighted by atomic mass is 79.9. The van der Waals surface area contributed by atoms with Crippen LogP contribution in [0.4, 0.5) is 5.69 Å².